The quantitative estimate of drug-likeness (QED) is 0.572. The highest BCUT2D eigenvalue weighted by Crippen LogP contribution is 2.40. The van der Waals surface area contributed by atoms with Gasteiger partial charge in [0.05, 0.1) is 19.6 Å². The molecule has 2 N–H and O–H groups in total. The van der Waals surface area contributed by atoms with Gasteiger partial charge in [0.2, 0.25) is 0 Å². The minimum atomic E-state index is -0.196. The number of nitrogens with one attached hydrogen (secondary N) is 1. The number of aromatic hydroxyl groups is 1. The number of likely N-dealkylation sites (tertiary alicyclic amines) is 1. The second kappa shape index (κ2) is 8.77. The number of carbonyl (C=O) groups is 1. The molecule has 2 rings (SSSR count). The SMILES string of the molecule is CC(C)(C)c1cc(C(=O)CCCC[NH+]2CCCCC2)cc(C(C)(C)C)c1O. The summed E-state index contributed by atoms with van der Waals surface area (Å²) in [5.74, 6) is 0.555. The van der Waals surface area contributed by atoms with E-state index in [2.05, 4.69) is 41.5 Å². The van der Waals surface area contributed by atoms with Crippen molar-refractivity contribution in [2.24, 2.45) is 0 Å². The number of ketones is 1. The highest BCUT2D eigenvalue weighted by molar-refractivity contribution is 5.96. The molecule has 3 nitrogen and oxygen atoms in total. The lowest BCUT2D eigenvalue weighted by Gasteiger charge is -2.28. The maximum atomic E-state index is 12.9. The minimum Gasteiger partial charge on any atom is -0.507 e. The Morgan fingerprint density at radius 2 is 1.44 bits per heavy atom. The molecule has 152 valence electrons. The molecule has 0 saturated carbocycles. The van der Waals surface area contributed by atoms with Gasteiger partial charge in [-0.25, -0.2) is 0 Å². The first-order valence-electron chi connectivity index (χ1n) is 10.7. The van der Waals surface area contributed by atoms with Crippen LogP contribution in [0.5, 0.6) is 5.75 Å². The molecule has 1 aromatic carbocycles. The highest BCUT2D eigenvalue weighted by Gasteiger charge is 2.27. The van der Waals surface area contributed by atoms with Crippen LogP contribution in [0.15, 0.2) is 12.1 Å². The van der Waals surface area contributed by atoms with E-state index in [0.717, 1.165) is 29.5 Å². The van der Waals surface area contributed by atoms with Gasteiger partial charge < -0.3 is 10.0 Å². The average molecular weight is 375 g/mol. The Morgan fingerprint density at radius 1 is 0.926 bits per heavy atom. The molecule has 1 heterocycles. The summed E-state index contributed by atoms with van der Waals surface area (Å²) in [4.78, 5) is 14.6. The number of quaternary nitrogens is 1. The van der Waals surface area contributed by atoms with Crippen molar-refractivity contribution in [2.45, 2.75) is 90.9 Å². The van der Waals surface area contributed by atoms with Crippen LogP contribution in [0, 0.1) is 0 Å². The molecule has 1 aliphatic heterocycles. The fourth-order valence-electron chi connectivity index (χ4n) is 4.05. The third-order valence-corrected chi connectivity index (χ3v) is 5.79. The smallest absolute Gasteiger partial charge is 0.162 e. The van der Waals surface area contributed by atoms with E-state index in [1.165, 1.54) is 38.9 Å². The van der Waals surface area contributed by atoms with Gasteiger partial charge in [0.1, 0.15) is 5.75 Å². The van der Waals surface area contributed by atoms with E-state index in [9.17, 15) is 9.90 Å². The van der Waals surface area contributed by atoms with Gasteiger partial charge in [0.25, 0.3) is 0 Å². The number of phenolic OH excluding ortho intramolecular Hbond substituents is 1. The Hall–Kier alpha value is -1.35. The van der Waals surface area contributed by atoms with Crippen LogP contribution in [0.2, 0.25) is 0 Å². The zero-order valence-corrected chi connectivity index (χ0v) is 18.4. The van der Waals surface area contributed by atoms with Crippen molar-refractivity contribution in [2.75, 3.05) is 19.6 Å². The maximum Gasteiger partial charge on any atom is 0.162 e. The lowest BCUT2D eigenvalue weighted by Crippen LogP contribution is -3.12. The van der Waals surface area contributed by atoms with E-state index in [1.54, 1.807) is 4.90 Å². The Labute approximate surface area is 166 Å². The second-order valence-electron chi connectivity index (χ2n) is 10.4. The summed E-state index contributed by atoms with van der Waals surface area (Å²) in [6.45, 7) is 16.3. The normalized spacial score (nSPS) is 16.5. The first kappa shape index (κ1) is 21.9. The van der Waals surface area contributed by atoms with Crippen molar-refractivity contribution >= 4 is 5.78 Å². The van der Waals surface area contributed by atoms with E-state index in [0.29, 0.717) is 12.2 Å². The van der Waals surface area contributed by atoms with Crippen LogP contribution < -0.4 is 4.90 Å². The predicted octanol–water partition coefficient (Wildman–Crippen LogP) is 4.41. The summed E-state index contributed by atoms with van der Waals surface area (Å²) in [6, 6.07) is 3.84. The van der Waals surface area contributed by atoms with Gasteiger partial charge in [-0.15, -0.1) is 0 Å². The number of piperidine rings is 1. The summed E-state index contributed by atoms with van der Waals surface area (Å²) in [5, 5.41) is 10.8. The number of rotatable bonds is 6. The number of benzene rings is 1. The fourth-order valence-corrected chi connectivity index (χ4v) is 4.05. The Bertz CT molecular complexity index is 608. The third-order valence-electron chi connectivity index (χ3n) is 5.79. The monoisotopic (exact) mass is 374 g/mol. The van der Waals surface area contributed by atoms with Crippen molar-refractivity contribution in [1.29, 1.82) is 0 Å². The lowest BCUT2D eigenvalue weighted by molar-refractivity contribution is -0.905. The topological polar surface area (TPSA) is 41.7 Å². The maximum absolute atomic E-state index is 12.9. The molecule has 0 radical (unpaired) electrons. The third kappa shape index (κ3) is 6.07. The molecule has 1 saturated heterocycles. The second-order valence-corrected chi connectivity index (χ2v) is 10.4. The molecule has 1 aromatic rings. The van der Waals surface area contributed by atoms with Crippen molar-refractivity contribution < 1.29 is 14.8 Å². The Balaban J connectivity index is 2.08. The van der Waals surface area contributed by atoms with E-state index < -0.39 is 0 Å². The summed E-state index contributed by atoms with van der Waals surface area (Å²) >= 11 is 0. The Morgan fingerprint density at radius 3 is 1.93 bits per heavy atom. The molecule has 0 amide bonds. The molecule has 0 unspecified atom stereocenters. The van der Waals surface area contributed by atoms with Crippen molar-refractivity contribution in [3.05, 3.63) is 28.8 Å². The van der Waals surface area contributed by atoms with Gasteiger partial charge in [-0.1, -0.05) is 41.5 Å². The van der Waals surface area contributed by atoms with E-state index in [1.807, 2.05) is 12.1 Å². The largest absolute Gasteiger partial charge is 0.507 e. The molecular formula is C24H40NO2+. The standard InChI is InChI=1S/C24H39NO2/c1-23(2,3)19-16-18(17-20(22(19)27)24(4,5)6)21(26)12-8-11-15-25-13-9-7-10-14-25/h16-17,27H,7-15H2,1-6H3/p+1. The van der Waals surface area contributed by atoms with Crippen molar-refractivity contribution in [3.8, 4) is 5.75 Å². The number of Topliss-reactive ketones (excluding diaryl/α,β-unsaturated/α-hetero) is 1. The van der Waals surface area contributed by atoms with Gasteiger partial charge in [-0.2, -0.15) is 0 Å². The van der Waals surface area contributed by atoms with Crippen molar-refractivity contribution in [1.82, 2.24) is 0 Å². The van der Waals surface area contributed by atoms with E-state index in [-0.39, 0.29) is 16.6 Å². The zero-order valence-electron chi connectivity index (χ0n) is 18.4. The van der Waals surface area contributed by atoms with Crippen LogP contribution in [0.1, 0.15) is 102 Å². The first-order chi connectivity index (χ1) is 12.5. The van der Waals surface area contributed by atoms with Gasteiger partial charge in [-0.05, 0) is 55.1 Å². The molecule has 1 aliphatic rings. The van der Waals surface area contributed by atoms with Crippen LogP contribution in [0.3, 0.4) is 0 Å². The molecule has 0 aliphatic carbocycles. The average Bonchev–Trinajstić information content (AvgIpc) is 2.57. The summed E-state index contributed by atoms with van der Waals surface area (Å²) in [7, 11) is 0. The van der Waals surface area contributed by atoms with Crippen LogP contribution in [0.4, 0.5) is 0 Å². The van der Waals surface area contributed by atoms with Gasteiger partial charge in [-0.3, -0.25) is 4.79 Å². The molecule has 0 atom stereocenters. The van der Waals surface area contributed by atoms with E-state index >= 15 is 0 Å². The van der Waals surface area contributed by atoms with Crippen LogP contribution in [-0.4, -0.2) is 30.5 Å². The highest BCUT2D eigenvalue weighted by atomic mass is 16.3. The molecule has 3 heteroatoms. The molecular weight excluding hydrogens is 334 g/mol. The van der Waals surface area contributed by atoms with Gasteiger partial charge in [0, 0.05) is 23.1 Å². The fraction of sp³-hybridized carbons (Fsp3) is 0.708. The van der Waals surface area contributed by atoms with Crippen LogP contribution in [0.25, 0.3) is 0 Å². The van der Waals surface area contributed by atoms with Crippen LogP contribution >= 0.6 is 0 Å². The Kier molecular flexibility index (Phi) is 7.13. The molecule has 1 fully saturated rings. The van der Waals surface area contributed by atoms with E-state index in [4.69, 9.17) is 0 Å². The van der Waals surface area contributed by atoms with Crippen molar-refractivity contribution in [3.63, 3.8) is 0 Å². The molecule has 0 spiro atoms. The number of hydrogen-bond acceptors (Lipinski definition) is 2. The first-order valence-corrected chi connectivity index (χ1v) is 10.7. The summed E-state index contributed by atoms with van der Waals surface area (Å²) in [6.07, 6.45) is 6.77. The number of carbonyl (C=O) groups excluding carboxylic acids is 1. The summed E-state index contributed by atoms with van der Waals surface area (Å²) in [5.41, 5.74) is 2.11. The van der Waals surface area contributed by atoms with Gasteiger partial charge in [0.15, 0.2) is 5.78 Å². The zero-order chi connectivity index (χ0) is 20.2. The van der Waals surface area contributed by atoms with Gasteiger partial charge >= 0.3 is 0 Å². The summed E-state index contributed by atoms with van der Waals surface area (Å²) < 4.78 is 0. The molecule has 0 aromatic heterocycles. The number of phenols is 1. The number of unbranched alkanes of at least 4 members (excludes halogenated alkanes) is 1. The molecule has 0 bridgehead atoms. The number of hydrogen-bond donors (Lipinski definition) is 2. The van der Waals surface area contributed by atoms with Crippen LogP contribution in [-0.2, 0) is 10.8 Å². The minimum absolute atomic E-state index is 0.196. The predicted molar refractivity (Wildman–Crippen MR) is 113 cm³/mol. The molecule has 27 heavy (non-hydrogen) atoms. The lowest BCUT2D eigenvalue weighted by atomic mass is 9.78.